The Morgan fingerprint density at radius 2 is 1.97 bits per heavy atom. The second kappa shape index (κ2) is 7.02. The molecule has 1 unspecified atom stereocenters. The molecule has 3 heterocycles. The van der Waals surface area contributed by atoms with Crippen LogP contribution in [0, 0.1) is 18.6 Å². The fourth-order valence-electron chi connectivity index (χ4n) is 3.98. The van der Waals surface area contributed by atoms with Gasteiger partial charge in [0, 0.05) is 29.1 Å². The molecule has 0 spiro atoms. The SMILES string of the molecule is Cc1ccccc1C1NC(=O)c2cccc(NC(=O)c3ncc4c(F)cc(F)cn34)c21. The molecular formula is C23H16F2N4O2. The number of imidazole rings is 1. The maximum atomic E-state index is 14.0. The minimum absolute atomic E-state index is 0.0144. The van der Waals surface area contributed by atoms with Crippen molar-refractivity contribution in [1.82, 2.24) is 14.7 Å². The van der Waals surface area contributed by atoms with Crippen LogP contribution in [0.3, 0.4) is 0 Å². The number of amides is 2. The lowest BCUT2D eigenvalue weighted by molar-refractivity contribution is 0.0959. The first kappa shape index (κ1) is 18.9. The number of benzene rings is 2. The van der Waals surface area contributed by atoms with E-state index in [0.29, 0.717) is 16.8 Å². The number of carbonyl (C=O) groups excluding carboxylic acids is 2. The van der Waals surface area contributed by atoms with Gasteiger partial charge in [-0.1, -0.05) is 30.3 Å². The van der Waals surface area contributed by atoms with Gasteiger partial charge in [-0.15, -0.1) is 0 Å². The summed E-state index contributed by atoms with van der Waals surface area (Å²) in [6.07, 6.45) is 2.16. The van der Waals surface area contributed by atoms with Crippen molar-refractivity contribution in [3.8, 4) is 0 Å². The first-order valence-electron chi connectivity index (χ1n) is 9.57. The van der Waals surface area contributed by atoms with Crippen molar-refractivity contribution >= 4 is 23.0 Å². The Balaban J connectivity index is 1.57. The number of hydrogen-bond acceptors (Lipinski definition) is 3. The minimum atomic E-state index is -0.827. The monoisotopic (exact) mass is 418 g/mol. The van der Waals surface area contributed by atoms with Crippen LogP contribution >= 0.6 is 0 Å². The van der Waals surface area contributed by atoms with Gasteiger partial charge in [-0.3, -0.25) is 14.0 Å². The number of rotatable bonds is 3. The van der Waals surface area contributed by atoms with Gasteiger partial charge in [-0.05, 0) is 30.2 Å². The number of aryl methyl sites for hydroxylation is 1. The number of nitrogens with zero attached hydrogens (tertiary/aromatic N) is 2. The van der Waals surface area contributed by atoms with E-state index in [0.717, 1.165) is 27.8 Å². The molecule has 6 nitrogen and oxygen atoms in total. The maximum Gasteiger partial charge on any atom is 0.292 e. The van der Waals surface area contributed by atoms with Crippen molar-refractivity contribution in [2.24, 2.45) is 0 Å². The van der Waals surface area contributed by atoms with Gasteiger partial charge in [-0.2, -0.15) is 0 Å². The van der Waals surface area contributed by atoms with E-state index in [1.807, 2.05) is 31.2 Å². The summed E-state index contributed by atoms with van der Waals surface area (Å²) in [5.74, 6) is -2.71. The molecule has 2 aromatic carbocycles. The molecule has 0 radical (unpaired) electrons. The van der Waals surface area contributed by atoms with Crippen LogP contribution in [0.25, 0.3) is 5.52 Å². The zero-order valence-corrected chi connectivity index (χ0v) is 16.3. The van der Waals surface area contributed by atoms with Crippen LogP contribution in [0.1, 0.15) is 43.7 Å². The van der Waals surface area contributed by atoms with Crippen LogP contribution in [0.15, 0.2) is 60.9 Å². The Kier molecular flexibility index (Phi) is 4.28. The van der Waals surface area contributed by atoms with Crippen LogP contribution in [0.4, 0.5) is 14.5 Å². The first-order valence-corrected chi connectivity index (χ1v) is 9.57. The van der Waals surface area contributed by atoms with Gasteiger partial charge in [0.2, 0.25) is 5.82 Å². The molecular weight excluding hydrogens is 402 g/mol. The van der Waals surface area contributed by atoms with Crippen molar-refractivity contribution in [3.63, 3.8) is 0 Å². The summed E-state index contributed by atoms with van der Waals surface area (Å²) in [5, 5.41) is 5.72. The maximum absolute atomic E-state index is 14.0. The quantitative estimate of drug-likeness (QED) is 0.528. The van der Waals surface area contributed by atoms with Crippen molar-refractivity contribution in [3.05, 3.63) is 101 Å². The van der Waals surface area contributed by atoms with Crippen LogP contribution in [0.5, 0.6) is 0 Å². The van der Waals surface area contributed by atoms with Gasteiger partial charge >= 0.3 is 0 Å². The number of nitrogens with one attached hydrogen (secondary N) is 2. The standard InChI is InChI=1S/C23H16F2N4O2/c1-12-5-2-3-6-14(12)20-19-15(22(30)28-20)7-4-8-17(19)27-23(31)21-26-10-18-16(25)9-13(24)11-29(18)21/h2-11,20H,1H3,(H,27,31)(H,28,30). The topological polar surface area (TPSA) is 75.5 Å². The van der Waals surface area contributed by atoms with Crippen molar-refractivity contribution in [1.29, 1.82) is 0 Å². The van der Waals surface area contributed by atoms with E-state index in [9.17, 15) is 18.4 Å². The highest BCUT2D eigenvalue weighted by atomic mass is 19.1. The molecule has 2 amide bonds. The van der Waals surface area contributed by atoms with Crippen molar-refractivity contribution in [2.45, 2.75) is 13.0 Å². The summed E-state index contributed by atoms with van der Waals surface area (Å²) in [6.45, 7) is 1.94. The van der Waals surface area contributed by atoms with Gasteiger partial charge in [0.15, 0.2) is 5.82 Å². The van der Waals surface area contributed by atoms with Gasteiger partial charge in [-0.25, -0.2) is 13.8 Å². The third kappa shape index (κ3) is 3.04. The highest BCUT2D eigenvalue weighted by Gasteiger charge is 2.33. The van der Waals surface area contributed by atoms with Crippen LogP contribution in [-0.4, -0.2) is 21.2 Å². The number of pyridine rings is 1. The molecule has 0 fully saturated rings. The summed E-state index contributed by atoms with van der Waals surface area (Å²) in [7, 11) is 0. The average Bonchev–Trinajstić information content (AvgIpc) is 3.31. The Labute approximate surface area is 175 Å². The first-order chi connectivity index (χ1) is 14.9. The third-order valence-electron chi connectivity index (χ3n) is 5.42. The van der Waals surface area contributed by atoms with Gasteiger partial charge in [0.1, 0.15) is 11.3 Å². The van der Waals surface area contributed by atoms with Gasteiger partial charge < -0.3 is 10.6 Å². The third-order valence-corrected chi connectivity index (χ3v) is 5.42. The van der Waals surface area contributed by atoms with E-state index in [1.165, 1.54) is 6.20 Å². The Morgan fingerprint density at radius 3 is 2.77 bits per heavy atom. The van der Waals surface area contributed by atoms with Crippen LogP contribution in [0.2, 0.25) is 0 Å². The highest BCUT2D eigenvalue weighted by Crippen LogP contribution is 2.37. The van der Waals surface area contributed by atoms with Crippen LogP contribution in [-0.2, 0) is 0 Å². The number of carbonyl (C=O) groups is 2. The second-order valence-corrected chi connectivity index (χ2v) is 7.33. The summed E-state index contributed by atoms with van der Waals surface area (Å²) in [6, 6.07) is 13.0. The minimum Gasteiger partial charge on any atom is -0.341 e. The van der Waals surface area contributed by atoms with E-state index >= 15 is 0 Å². The average molecular weight is 418 g/mol. The largest absolute Gasteiger partial charge is 0.341 e. The molecule has 31 heavy (non-hydrogen) atoms. The molecule has 0 bridgehead atoms. The van der Waals surface area contributed by atoms with Gasteiger partial charge in [0.05, 0.1) is 12.2 Å². The molecule has 0 saturated heterocycles. The lowest BCUT2D eigenvalue weighted by Gasteiger charge is -2.18. The van der Waals surface area contributed by atoms with Crippen molar-refractivity contribution < 1.29 is 18.4 Å². The molecule has 8 heteroatoms. The fraction of sp³-hybridized carbons (Fsp3) is 0.0870. The predicted octanol–water partition coefficient (Wildman–Crippen LogP) is 4.01. The molecule has 0 saturated carbocycles. The molecule has 1 aliphatic rings. The number of hydrogen-bond donors (Lipinski definition) is 2. The Hall–Kier alpha value is -4.07. The Bertz CT molecular complexity index is 1380. The van der Waals surface area contributed by atoms with Gasteiger partial charge in [0.25, 0.3) is 11.8 Å². The predicted molar refractivity (Wildman–Crippen MR) is 110 cm³/mol. The highest BCUT2D eigenvalue weighted by molar-refractivity contribution is 6.06. The van der Waals surface area contributed by atoms with Crippen molar-refractivity contribution in [2.75, 3.05) is 5.32 Å². The van der Waals surface area contributed by atoms with E-state index in [1.54, 1.807) is 18.2 Å². The molecule has 0 aliphatic carbocycles. The molecule has 5 rings (SSSR count). The molecule has 2 N–H and O–H groups in total. The van der Waals surface area contributed by atoms with E-state index in [2.05, 4.69) is 15.6 Å². The summed E-state index contributed by atoms with van der Waals surface area (Å²) >= 11 is 0. The summed E-state index contributed by atoms with van der Waals surface area (Å²) < 4.78 is 28.7. The molecule has 154 valence electrons. The summed E-state index contributed by atoms with van der Waals surface area (Å²) in [4.78, 5) is 29.5. The normalized spacial score (nSPS) is 15.1. The summed E-state index contributed by atoms with van der Waals surface area (Å²) in [5.41, 5.74) is 3.39. The number of aromatic nitrogens is 2. The molecule has 1 aliphatic heterocycles. The molecule has 2 aromatic heterocycles. The zero-order valence-electron chi connectivity index (χ0n) is 16.3. The molecule has 4 aromatic rings. The van der Waals surface area contributed by atoms with E-state index in [-0.39, 0.29) is 17.2 Å². The fourth-order valence-corrected chi connectivity index (χ4v) is 3.98. The second-order valence-electron chi connectivity index (χ2n) is 7.33. The van der Waals surface area contributed by atoms with E-state index in [4.69, 9.17) is 0 Å². The zero-order chi connectivity index (χ0) is 21.7. The smallest absolute Gasteiger partial charge is 0.292 e. The lowest BCUT2D eigenvalue weighted by atomic mass is 9.93. The molecule has 1 atom stereocenters. The van der Waals surface area contributed by atoms with E-state index < -0.39 is 23.6 Å². The van der Waals surface area contributed by atoms with Crippen LogP contribution < -0.4 is 10.6 Å². The lowest BCUT2D eigenvalue weighted by Crippen LogP contribution is -2.21. The Morgan fingerprint density at radius 1 is 1.16 bits per heavy atom. The number of halogens is 2. The number of anilines is 1. The number of fused-ring (bicyclic) bond motifs is 2.